The van der Waals surface area contributed by atoms with Crippen molar-refractivity contribution in [2.24, 2.45) is 0 Å². The van der Waals surface area contributed by atoms with Crippen molar-refractivity contribution in [2.45, 2.75) is 70.6 Å². The number of carbonyl (C=O) groups excluding carboxylic acids is 2. The number of hydrogen-bond acceptors (Lipinski definition) is 4. The molecule has 2 unspecified atom stereocenters. The Morgan fingerprint density at radius 2 is 1.91 bits per heavy atom. The van der Waals surface area contributed by atoms with Crippen LogP contribution in [0.15, 0.2) is 0 Å². The summed E-state index contributed by atoms with van der Waals surface area (Å²) in [5, 5.41) is 3.68. The maximum Gasteiger partial charge on any atom is 0.410 e. The van der Waals surface area contributed by atoms with Gasteiger partial charge in [0.1, 0.15) is 5.60 Å². The number of nitrogens with zero attached hydrogens (tertiary/aromatic N) is 2. The quantitative estimate of drug-likeness (QED) is 0.843. The summed E-state index contributed by atoms with van der Waals surface area (Å²) in [5.41, 5.74) is -0.444. The first-order valence-electron chi connectivity index (χ1n) is 8.72. The van der Waals surface area contributed by atoms with Crippen molar-refractivity contribution < 1.29 is 14.3 Å². The van der Waals surface area contributed by atoms with E-state index < -0.39 is 5.60 Å². The van der Waals surface area contributed by atoms with Gasteiger partial charge in [-0.1, -0.05) is 0 Å². The van der Waals surface area contributed by atoms with E-state index in [0.29, 0.717) is 18.5 Å². The minimum atomic E-state index is -0.444. The molecule has 0 aromatic rings. The van der Waals surface area contributed by atoms with Crippen LogP contribution in [-0.4, -0.2) is 66.2 Å². The minimum absolute atomic E-state index is 0.207. The van der Waals surface area contributed by atoms with Crippen LogP contribution in [0.25, 0.3) is 0 Å². The van der Waals surface area contributed by atoms with Crippen molar-refractivity contribution in [1.29, 1.82) is 0 Å². The van der Waals surface area contributed by atoms with Crippen LogP contribution in [0.5, 0.6) is 0 Å². The van der Waals surface area contributed by atoms with Gasteiger partial charge in [-0.2, -0.15) is 0 Å². The highest BCUT2D eigenvalue weighted by Gasteiger charge is 2.28. The summed E-state index contributed by atoms with van der Waals surface area (Å²) in [6, 6.07) is 0.782. The van der Waals surface area contributed by atoms with Crippen molar-refractivity contribution in [1.82, 2.24) is 15.1 Å². The monoisotopic (exact) mass is 325 g/mol. The fourth-order valence-electron chi connectivity index (χ4n) is 3.25. The molecule has 6 heteroatoms. The zero-order valence-corrected chi connectivity index (χ0v) is 14.9. The lowest BCUT2D eigenvalue weighted by Crippen LogP contribution is -2.50. The average molecular weight is 325 g/mol. The van der Waals surface area contributed by atoms with E-state index in [-0.39, 0.29) is 12.0 Å². The summed E-state index contributed by atoms with van der Waals surface area (Å²) < 4.78 is 5.47. The Labute approximate surface area is 139 Å². The normalized spacial score (nSPS) is 26.9. The second kappa shape index (κ2) is 7.51. The SMILES string of the molecule is CN1CC(NC2CCCN(C(=O)OC(C)(C)C)CC2)CCC1=O. The molecule has 132 valence electrons. The third-order valence-corrected chi connectivity index (χ3v) is 4.48. The lowest BCUT2D eigenvalue weighted by Gasteiger charge is -2.33. The predicted octanol–water partition coefficient (Wildman–Crippen LogP) is 1.99. The zero-order valence-electron chi connectivity index (χ0n) is 14.9. The molecule has 0 aromatic heterocycles. The minimum Gasteiger partial charge on any atom is -0.444 e. The van der Waals surface area contributed by atoms with Gasteiger partial charge in [-0.25, -0.2) is 4.79 Å². The Hall–Kier alpha value is -1.30. The van der Waals surface area contributed by atoms with Crippen LogP contribution in [-0.2, 0) is 9.53 Å². The van der Waals surface area contributed by atoms with Crippen LogP contribution in [0.4, 0.5) is 4.79 Å². The van der Waals surface area contributed by atoms with Crippen molar-refractivity contribution in [3.05, 3.63) is 0 Å². The average Bonchev–Trinajstić information content (AvgIpc) is 2.67. The van der Waals surface area contributed by atoms with E-state index in [1.807, 2.05) is 37.6 Å². The van der Waals surface area contributed by atoms with Crippen molar-refractivity contribution >= 4 is 12.0 Å². The Morgan fingerprint density at radius 1 is 1.17 bits per heavy atom. The molecular formula is C17H31N3O3. The van der Waals surface area contributed by atoms with Gasteiger partial charge in [0, 0.05) is 45.2 Å². The molecule has 0 aromatic carbocycles. The number of likely N-dealkylation sites (tertiary alicyclic amines) is 2. The van der Waals surface area contributed by atoms with Gasteiger partial charge in [-0.05, 0) is 46.5 Å². The third kappa shape index (κ3) is 5.68. The number of likely N-dealkylation sites (N-methyl/N-ethyl adjacent to an activating group) is 1. The standard InChI is InChI=1S/C17H31N3O3/c1-17(2,3)23-16(22)20-10-5-6-13(9-11-20)18-14-7-8-15(21)19(4)12-14/h13-14,18H,5-12H2,1-4H3. The molecule has 2 aliphatic rings. The van der Waals surface area contributed by atoms with E-state index in [1.54, 1.807) is 0 Å². The molecule has 2 saturated heterocycles. The molecule has 2 atom stereocenters. The molecule has 0 radical (unpaired) electrons. The highest BCUT2D eigenvalue weighted by atomic mass is 16.6. The highest BCUT2D eigenvalue weighted by molar-refractivity contribution is 5.76. The van der Waals surface area contributed by atoms with Crippen LogP contribution in [0.3, 0.4) is 0 Å². The number of rotatable bonds is 2. The van der Waals surface area contributed by atoms with Crippen LogP contribution < -0.4 is 5.32 Å². The molecule has 23 heavy (non-hydrogen) atoms. The molecule has 2 heterocycles. The summed E-state index contributed by atoms with van der Waals surface area (Å²) >= 11 is 0. The molecule has 1 N–H and O–H groups in total. The molecule has 0 aliphatic carbocycles. The molecular weight excluding hydrogens is 294 g/mol. The van der Waals surface area contributed by atoms with Crippen LogP contribution in [0.1, 0.15) is 52.9 Å². The first kappa shape index (κ1) is 18.0. The van der Waals surface area contributed by atoms with Gasteiger partial charge in [0.05, 0.1) is 0 Å². The first-order chi connectivity index (χ1) is 10.7. The number of piperidine rings is 1. The van der Waals surface area contributed by atoms with Crippen LogP contribution >= 0.6 is 0 Å². The molecule has 0 saturated carbocycles. The van der Waals surface area contributed by atoms with Crippen molar-refractivity contribution in [3.63, 3.8) is 0 Å². The van der Waals surface area contributed by atoms with Gasteiger partial charge in [0.15, 0.2) is 0 Å². The fourth-order valence-corrected chi connectivity index (χ4v) is 3.25. The molecule has 2 amide bonds. The Morgan fingerprint density at radius 3 is 2.57 bits per heavy atom. The number of nitrogens with one attached hydrogen (secondary N) is 1. The van der Waals surface area contributed by atoms with Crippen LogP contribution in [0, 0.1) is 0 Å². The Bertz CT molecular complexity index is 433. The predicted molar refractivity (Wildman–Crippen MR) is 89.2 cm³/mol. The smallest absolute Gasteiger partial charge is 0.410 e. The highest BCUT2D eigenvalue weighted by Crippen LogP contribution is 2.17. The van der Waals surface area contributed by atoms with E-state index in [0.717, 1.165) is 45.3 Å². The van der Waals surface area contributed by atoms with Gasteiger partial charge >= 0.3 is 6.09 Å². The van der Waals surface area contributed by atoms with E-state index in [9.17, 15) is 9.59 Å². The van der Waals surface area contributed by atoms with Gasteiger partial charge in [0.25, 0.3) is 0 Å². The maximum atomic E-state index is 12.2. The summed E-state index contributed by atoms with van der Waals surface area (Å²) in [5.74, 6) is 0.236. The van der Waals surface area contributed by atoms with Crippen molar-refractivity contribution in [3.8, 4) is 0 Å². The van der Waals surface area contributed by atoms with E-state index in [2.05, 4.69) is 5.32 Å². The largest absolute Gasteiger partial charge is 0.444 e. The zero-order chi connectivity index (χ0) is 17.0. The number of amides is 2. The van der Waals surface area contributed by atoms with Gasteiger partial charge in [-0.15, -0.1) is 0 Å². The fraction of sp³-hybridized carbons (Fsp3) is 0.882. The van der Waals surface area contributed by atoms with E-state index >= 15 is 0 Å². The summed E-state index contributed by atoms with van der Waals surface area (Å²) in [6.45, 7) is 7.96. The van der Waals surface area contributed by atoms with Gasteiger partial charge in [0.2, 0.25) is 5.91 Å². The lowest BCUT2D eigenvalue weighted by molar-refractivity contribution is -0.132. The van der Waals surface area contributed by atoms with Gasteiger partial charge in [-0.3, -0.25) is 4.79 Å². The molecule has 6 nitrogen and oxygen atoms in total. The number of hydrogen-bond donors (Lipinski definition) is 1. The summed E-state index contributed by atoms with van der Waals surface area (Å²) in [6.07, 6.45) is 4.32. The Balaban J connectivity index is 1.80. The maximum absolute atomic E-state index is 12.2. The van der Waals surface area contributed by atoms with Crippen LogP contribution in [0.2, 0.25) is 0 Å². The number of carbonyl (C=O) groups is 2. The lowest BCUT2D eigenvalue weighted by atomic mass is 10.0. The first-order valence-corrected chi connectivity index (χ1v) is 8.72. The molecule has 2 fully saturated rings. The topological polar surface area (TPSA) is 61.9 Å². The molecule has 0 spiro atoms. The second-order valence-corrected chi connectivity index (χ2v) is 7.77. The van der Waals surface area contributed by atoms with Gasteiger partial charge < -0.3 is 19.9 Å². The number of ether oxygens (including phenoxy) is 1. The summed E-state index contributed by atoms with van der Waals surface area (Å²) in [4.78, 5) is 27.4. The van der Waals surface area contributed by atoms with E-state index in [1.165, 1.54) is 0 Å². The Kier molecular flexibility index (Phi) is 5.89. The van der Waals surface area contributed by atoms with Crippen molar-refractivity contribution in [2.75, 3.05) is 26.7 Å². The molecule has 2 rings (SSSR count). The third-order valence-electron chi connectivity index (χ3n) is 4.48. The molecule has 2 aliphatic heterocycles. The summed E-state index contributed by atoms with van der Waals surface area (Å²) in [7, 11) is 1.87. The molecule has 0 bridgehead atoms. The second-order valence-electron chi connectivity index (χ2n) is 7.77. The van der Waals surface area contributed by atoms with E-state index in [4.69, 9.17) is 4.74 Å².